The van der Waals surface area contributed by atoms with Crippen molar-refractivity contribution in [3.8, 4) is 5.75 Å². The monoisotopic (exact) mass is 258 g/mol. The van der Waals surface area contributed by atoms with Gasteiger partial charge in [0.1, 0.15) is 5.75 Å². The molecule has 0 bridgehead atoms. The van der Waals surface area contributed by atoms with E-state index in [0.29, 0.717) is 0 Å². The number of hydrogen-bond donors (Lipinski definition) is 0. The lowest BCUT2D eigenvalue weighted by atomic mass is 9.85. The van der Waals surface area contributed by atoms with E-state index in [0.717, 1.165) is 5.56 Å². The number of rotatable bonds is 2. The maximum Gasteiger partial charge on any atom is 0.416 e. The summed E-state index contributed by atoms with van der Waals surface area (Å²) >= 11 is 0. The first-order chi connectivity index (χ1) is 8.07. The molecule has 0 heterocycles. The van der Waals surface area contributed by atoms with Gasteiger partial charge >= 0.3 is 6.18 Å². The Bertz CT molecular complexity index is 453. The lowest BCUT2D eigenvalue weighted by molar-refractivity contribution is -0.0687. The summed E-state index contributed by atoms with van der Waals surface area (Å²) in [4.78, 5) is 0. The molecule has 1 nitrogen and oxygen atoms in total. The second-order valence-corrected chi connectivity index (χ2v) is 5.14. The van der Waals surface area contributed by atoms with Gasteiger partial charge in [0, 0.05) is 5.56 Å². The molecule has 0 amide bonds. The molecule has 1 aromatic rings. The molecule has 0 N–H and O–H groups in total. The number of ether oxygens (including phenoxy) is 1. The topological polar surface area (TPSA) is 9.23 Å². The Balaban J connectivity index is 3.36. The van der Waals surface area contributed by atoms with Gasteiger partial charge in [-0.1, -0.05) is 33.4 Å². The van der Waals surface area contributed by atoms with Gasteiger partial charge in [0.15, 0.2) is 0 Å². The third kappa shape index (κ3) is 3.06. The highest BCUT2D eigenvalue weighted by molar-refractivity contribution is 5.73. The Hall–Kier alpha value is -1.45. The summed E-state index contributed by atoms with van der Waals surface area (Å²) in [7, 11) is 1.35. The van der Waals surface area contributed by atoms with Crippen LogP contribution < -0.4 is 4.74 Å². The normalized spacial score (nSPS) is 12.4. The van der Waals surface area contributed by atoms with Crippen LogP contribution in [0.5, 0.6) is 5.75 Å². The van der Waals surface area contributed by atoms with Crippen LogP contribution in [0.2, 0.25) is 0 Å². The van der Waals surface area contributed by atoms with Crippen LogP contribution in [0.3, 0.4) is 0 Å². The van der Waals surface area contributed by atoms with Crippen molar-refractivity contribution in [2.24, 2.45) is 0 Å². The standard InChI is InChI=1S/C14H17F3O/c1-9(14(15,16)17)11-8-10(13(2,3)4)6-7-12(11)18-5/h6-8H,1H2,2-5H3. The first kappa shape index (κ1) is 14.6. The smallest absolute Gasteiger partial charge is 0.416 e. The van der Waals surface area contributed by atoms with E-state index in [1.54, 1.807) is 12.1 Å². The van der Waals surface area contributed by atoms with Crippen LogP contribution in [-0.4, -0.2) is 13.3 Å². The van der Waals surface area contributed by atoms with Crippen molar-refractivity contribution in [2.75, 3.05) is 7.11 Å². The Morgan fingerprint density at radius 2 is 1.72 bits per heavy atom. The molecule has 1 aromatic carbocycles. The Morgan fingerprint density at radius 3 is 2.11 bits per heavy atom. The number of allylic oxidation sites excluding steroid dienone is 1. The summed E-state index contributed by atoms with van der Waals surface area (Å²) in [6.45, 7) is 8.94. The van der Waals surface area contributed by atoms with Gasteiger partial charge in [0.2, 0.25) is 0 Å². The van der Waals surface area contributed by atoms with E-state index in [2.05, 4.69) is 6.58 Å². The third-order valence-electron chi connectivity index (χ3n) is 2.73. The second-order valence-electron chi connectivity index (χ2n) is 5.14. The average molecular weight is 258 g/mol. The Labute approximate surface area is 105 Å². The molecular weight excluding hydrogens is 241 g/mol. The third-order valence-corrected chi connectivity index (χ3v) is 2.73. The van der Waals surface area contributed by atoms with E-state index in [4.69, 9.17) is 4.74 Å². The summed E-state index contributed by atoms with van der Waals surface area (Å²) in [5, 5.41) is 0. The SMILES string of the molecule is C=C(c1cc(C(C)(C)C)ccc1OC)C(F)(F)F. The van der Waals surface area contributed by atoms with Crippen LogP contribution in [0.15, 0.2) is 24.8 Å². The van der Waals surface area contributed by atoms with Gasteiger partial charge in [-0.25, -0.2) is 0 Å². The minimum Gasteiger partial charge on any atom is -0.496 e. The number of alkyl halides is 3. The largest absolute Gasteiger partial charge is 0.496 e. The highest BCUT2D eigenvalue weighted by Gasteiger charge is 2.35. The van der Waals surface area contributed by atoms with E-state index >= 15 is 0 Å². The quantitative estimate of drug-likeness (QED) is 0.755. The Morgan fingerprint density at radius 1 is 1.17 bits per heavy atom. The lowest BCUT2D eigenvalue weighted by Crippen LogP contribution is -2.14. The first-order valence-electron chi connectivity index (χ1n) is 5.52. The summed E-state index contributed by atoms with van der Waals surface area (Å²) in [6.07, 6.45) is -4.45. The molecule has 0 aliphatic rings. The zero-order valence-electron chi connectivity index (χ0n) is 11.0. The molecule has 0 unspecified atom stereocenters. The van der Waals surface area contributed by atoms with Gasteiger partial charge in [-0.05, 0) is 23.1 Å². The van der Waals surface area contributed by atoms with Crippen molar-refractivity contribution in [3.05, 3.63) is 35.9 Å². The fourth-order valence-electron chi connectivity index (χ4n) is 1.56. The highest BCUT2D eigenvalue weighted by atomic mass is 19.4. The van der Waals surface area contributed by atoms with Crippen LogP contribution in [-0.2, 0) is 5.41 Å². The maximum absolute atomic E-state index is 12.7. The highest BCUT2D eigenvalue weighted by Crippen LogP contribution is 2.38. The molecule has 0 saturated heterocycles. The molecule has 0 radical (unpaired) electrons. The van der Waals surface area contributed by atoms with Crippen molar-refractivity contribution in [1.29, 1.82) is 0 Å². The molecular formula is C14H17F3O. The summed E-state index contributed by atoms with van der Waals surface area (Å²) < 4.78 is 43.1. The summed E-state index contributed by atoms with van der Waals surface area (Å²) in [5.41, 5.74) is -0.307. The van der Waals surface area contributed by atoms with E-state index < -0.39 is 11.7 Å². The van der Waals surface area contributed by atoms with Crippen LogP contribution in [0, 0.1) is 0 Å². The van der Waals surface area contributed by atoms with Crippen LogP contribution >= 0.6 is 0 Å². The first-order valence-corrected chi connectivity index (χ1v) is 5.52. The Kier molecular flexibility index (Phi) is 3.79. The van der Waals surface area contributed by atoms with E-state index in [-0.39, 0.29) is 16.7 Å². The zero-order valence-corrected chi connectivity index (χ0v) is 11.0. The zero-order chi connectivity index (χ0) is 14.1. The number of halogens is 3. The van der Waals surface area contributed by atoms with E-state index in [1.165, 1.54) is 13.2 Å². The van der Waals surface area contributed by atoms with Gasteiger partial charge in [-0.2, -0.15) is 13.2 Å². The van der Waals surface area contributed by atoms with Gasteiger partial charge < -0.3 is 4.74 Å². The fraction of sp³-hybridized carbons (Fsp3) is 0.429. The average Bonchev–Trinajstić information content (AvgIpc) is 2.24. The molecule has 0 aliphatic heterocycles. The minimum absolute atomic E-state index is 0.00238. The van der Waals surface area contributed by atoms with Crippen molar-refractivity contribution < 1.29 is 17.9 Å². The maximum atomic E-state index is 12.7. The van der Waals surface area contributed by atoms with Crippen molar-refractivity contribution >= 4 is 5.57 Å². The van der Waals surface area contributed by atoms with Gasteiger partial charge in [0.25, 0.3) is 0 Å². The number of benzene rings is 1. The molecule has 4 heteroatoms. The predicted molar refractivity (Wildman–Crippen MR) is 66.8 cm³/mol. The van der Waals surface area contributed by atoms with Crippen LogP contribution in [0.25, 0.3) is 5.57 Å². The van der Waals surface area contributed by atoms with Crippen LogP contribution in [0.4, 0.5) is 13.2 Å². The van der Waals surface area contributed by atoms with E-state index in [9.17, 15) is 13.2 Å². The minimum atomic E-state index is -4.45. The molecule has 0 spiro atoms. The van der Waals surface area contributed by atoms with E-state index in [1.807, 2.05) is 20.8 Å². The van der Waals surface area contributed by atoms with Crippen molar-refractivity contribution in [1.82, 2.24) is 0 Å². The molecule has 100 valence electrons. The number of methoxy groups -OCH3 is 1. The van der Waals surface area contributed by atoms with Gasteiger partial charge in [-0.15, -0.1) is 0 Å². The second kappa shape index (κ2) is 4.67. The summed E-state index contributed by atoms with van der Waals surface area (Å²) in [5.74, 6) is 0.185. The molecule has 0 fully saturated rings. The van der Waals surface area contributed by atoms with Crippen molar-refractivity contribution in [3.63, 3.8) is 0 Å². The molecule has 1 rings (SSSR count). The summed E-state index contributed by atoms with van der Waals surface area (Å²) in [6, 6.07) is 4.81. The molecule has 18 heavy (non-hydrogen) atoms. The van der Waals surface area contributed by atoms with Crippen molar-refractivity contribution in [2.45, 2.75) is 32.4 Å². The molecule has 0 saturated carbocycles. The van der Waals surface area contributed by atoms with Gasteiger partial charge in [0.05, 0.1) is 12.7 Å². The predicted octanol–water partition coefficient (Wildman–Crippen LogP) is 4.57. The lowest BCUT2D eigenvalue weighted by Gasteiger charge is -2.22. The molecule has 0 aliphatic carbocycles. The van der Waals surface area contributed by atoms with Gasteiger partial charge in [-0.3, -0.25) is 0 Å². The molecule has 0 aromatic heterocycles. The number of hydrogen-bond acceptors (Lipinski definition) is 1. The fourth-order valence-corrected chi connectivity index (χ4v) is 1.56. The molecule has 0 atom stereocenters. The van der Waals surface area contributed by atoms with Crippen LogP contribution in [0.1, 0.15) is 31.9 Å².